The SMILES string of the molecule is CCc1cc(=O)[nH]c(-c2cccc(NC(=O)C3CCCN(C(=O)N4CCCC4)C3)c2)n1. The highest BCUT2D eigenvalue weighted by Crippen LogP contribution is 2.23. The molecular formula is C23H29N5O3. The van der Waals surface area contributed by atoms with Gasteiger partial charge in [0, 0.05) is 49.2 Å². The average molecular weight is 424 g/mol. The monoisotopic (exact) mass is 423 g/mol. The van der Waals surface area contributed by atoms with E-state index in [9.17, 15) is 14.4 Å². The first-order valence-corrected chi connectivity index (χ1v) is 11.1. The molecule has 0 spiro atoms. The van der Waals surface area contributed by atoms with E-state index in [-0.39, 0.29) is 23.4 Å². The number of aryl methyl sites for hydroxylation is 1. The number of hydrogen-bond acceptors (Lipinski definition) is 4. The number of amides is 3. The first-order chi connectivity index (χ1) is 15.0. The lowest BCUT2D eigenvalue weighted by Gasteiger charge is -2.34. The standard InChI is InChI=1S/C23H29N5O3/c1-2-18-14-20(29)26-21(24-18)16-7-5-9-19(13-16)25-22(30)17-8-6-12-28(15-17)23(31)27-10-3-4-11-27/h5,7,9,13-14,17H,2-4,6,8,10-12,15H2,1H3,(H,25,30)(H,24,26,29). The normalized spacial score (nSPS) is 18.8. The van der Waals surface area contributed by atoms with Gasteiger partial charge in [-0.3, -0.25) is 9.59 Å². The summed E-state index contributed by atoms with van der Waals surface area (Å²) in [6.07, 6.45) is 4.37. The largest absolute Gasteiger partial charge is 0.326 e. The molecule has 0 radical (unpaired) electrons. The van der Waals surface area contributed by atoms with Crippen LogP contribution in [0.25, 0.3) is 11.4 Å². The maximum atomic E-state index is 12.9. The third-order valence-corrected chi connectivity index (χ3v) is 6.00. The zero-order valence-corrected chi connectivity index (χ0v) is 17.9. The van der Waals surface area contributed by atoms with Gasteiger partial charge in [0.15, 0.2) is 0 Å². The molecule has 3 heterocycles. The van der Waals surface area contributed by atoms with Crippen LogP contribution in [0, 0.1) is 5.92 Å². The number of nitrogens with zero attached hydrogens (tertiary/aromatic N) is 3. The summed E-state index contributed by atoms with van der Waals surface area (Å²) in [5.74, 6) is 0.172. The van der Waals surface area contributed by atoms with Gasteiger partial charge in [0.05, 0.1) is 5.92 Å². The molecule has 2 aliphatic heterocycles. The van der Waals surface area contributed by atoms with Gasteiger partial charge in [-0.1, -0.05) is 19.1 Å². The zero-order valence-electron chi connectivity index (χ0n) is 17.9. The molecule has 1 unspecified atom stereocenters. The highest BCUT2D eigenvalue weighted by atomic mass is 16.2. The van der Waals surface area contributed by atoms with Gasteiger partial charge in [0.2, 0.25) is 5.91 Å². The van der Waals surface area contributed by atoms with Crippen molar-refractivity contribution < 1.29 is 9.59 Å². The van der Waals surface area contributed by atoms with E-state index in [1.54, 1.807) is 0 Å². The van der Waals surface area contributed by atoms with Gasteiger partial charge in [-0.05, 0) is 44.2 Å². The molecule has 2 fully saturated rings. The minimum absolute atomic E-state index is 0.0582. The van der Waals surface area contributed by atoms with Crippen molar-refractivity contribution in [3.63, 3.8) is 0 Å². The minimum Gasteiger partial charge on any atom is -0.326 e. The van der Waals surface area contributed by atoms with Gasteiger partial charge < -0.3 is 20.1 Å². The van der Waals surface area contributed by atoms with Crippen LogP contribution in [0.2, 0.25) is 0 Å². The quantitative estimate of drug-likeness (QED) is 0.790. The van der Waals surface area contributed by atoms with Gasteiger partial charge in [-0.25, -0.2) is 9.78 Å². The average Bonchev–Trinajstić information content (AvgIpc) is 3.33. The number of piperidine rings is 1. The van der Waals surface area contributed by atoms with Crippen LogP contribution in [-0.2, 0) is 11.2 Å². The fourth-order valence-corrected chi connectivity index (χ4v) is 4.29. The van der Waals surface area contributed by atoms with Crippen molar-refractivity contribution in [2.45, 2.75) is 39.0 Å². The fraction of sp³-hybridized carbons (Fsp3) is 0.478. The van der Waals surface area contributed by atoms with E-state index in [2.05, 4.69) is 15.3 Å². The Bertz CT molecular complexity index is 1010. The van der Waals surface area contributed by atoms with Crippen LogP contribution in [0.1, 0.15) is 38.3 Å². The fourth-order valence-electron chi connectivity index (χ4n) is 4.29. The van der Waals surface area contributed by atoms with Crippen molar-refractivity contribution in [1.29, 1.82) is 0 Å². The van der Waals surface area contributed by atoms with Crippen LogP contribution in [-0.4, -0.2) is 57.9 Å². The second-order valence-corrected chi connectivity index (χ2v) is 8.27. The number of benzene rings is 1. The maximum Gasteiger partial charge on any atom is 0.320 e. The molecule has 1 atom stereocenters. The van der Waals surface area contributed by atoms with Crippen LogP contribution >= 0.6 is 0 Å². The predicted molar refractivity (Wildman–Crippen MR) is 119 cm³/mol. The second-order valence-electron chi connectivity index (χ2n) is 8.27. The lowest BCUT2D eigenvalue weighted by molar-refractivity contribution is -0.121. The Labute approximate surface area is 181 Å². The number of aromatic nitrogens is 2. The van der Waals surface area contributed by atoms with Crippen LogP contribution in [0.4, 0.5) is 10.5 Å². The van der Waals surface area contributed by atoms with E-state index in [0.29, 0.717) is 31.0 Å². The summed E-state index contributed by atoms with van der Waals surface area (Å²) < 4.78 is 0. The molecular weight excluding hydrogens is 394 g/mol. The molecule has 2 aliphatic rings. The van der Waals surface area contributed by atoms with Crippen molar-refractivity contribution in [2.24, 2.45) is 5.92 Å². The summed E-state index contributed by atoms with van der Waals surface area (Å²) in [6, 6.07) is 8.86. The highest BCUT2D eigenvalue weighted by Gasteiger charge is 2.31. The van der Waals surface area contributed by atoms with E-state index >= 15 is 0 Å². The summed E-state index contributed by atoms with van der Waals surface area (Å²) in [5.41, 5.74) is 1.91. The van der Waals surface area contributed by atoms with E-state index in [4.69, 9.17) is 0 Å². The molecule has 164 valence electrons. The number of hydrogen-bond donors (Lipinski definition) is 2. The van der Waals surface area contributed by atoms with Crippen molar-refractivity contribution in [3.05, 3.63) is 46.4 Å². The Morgan fingerprint density at radius 1 is 1.13 bits per heavy atom. The summed E-state index contributed by atoms with van der Waals surface area (Å²) in [6.45, 7) is 4.74. The van der Waals surface area contributed by atoms with Gasteiger partial charge in [0.1, 0.15) is 5.82 Å². The molecule has 2 aromatic rings. The van der Waals surface area contributed by atoms with Gasteiger partial charge >= 0.3 is 6.03 Å². The number of nitrogens with one attached hydrogen (secondary N) is 2. The Kier molecular flexibility index (Phi) is 6.34. The van der Waals surface area contributed by atoms with Crippen molar-refractivity contribution in [1.82, 2.24) is 19.8 Å². The Morgan fingerprint density at radius 2 is 1.90 bits per heavy atom. The van der Waals surface area contributed by atoms with Gasteiger partial charge in [0.25, 0.3) is 5.56 Å². The Balaban J connectivity index is 1.44. The molecule has 0 aliphatic carbocycles. The van der Waals surface area contributed by atoms with E-state index in [1.807, 2.05) is 41.0 Å². The number of carbonyl (C=O) groups excluding carboxylic acids is 2. The number of urea groups is 1. The Hall–Kier alpha value is -3.16. The number of carbonyl (C=O) groups is 2. The molecule has 2 saturated heterocycles. The summed E-state index contributed by atoms with van der Waals surface area (Å²) in [5, 5.41) is 2.98. The molecule has 1 aromatic heterocycles. The number of likely N-dealkylation sites (tertiary alicyclic amines) is 2. The maximum absolute atomic E-state index is 12.9. The van der Waals surface area contributed by atoms with Gasteiger partial charge in [-0.2, -0.15) is 0 Å². The summed E-state index contributed by atoms with van der Waals surface area (Å²) in [4.78, 5) is 48.5. The van der Waals surface area contributed by atoms with Crippen LogP contribution in [0.5, 0.6) is 0 Å². The van der Waals surface area contributed by atoms with Crippen LogP contribution in [0.3, 0.4) is 0 Å². The van der Waals surface area contributed by atoms with E-state index < -0.39 is 0 Å². The smallest absolute Gasteiger partial charge is 0.320 e. The number of rotatable bonds is 4. The molecule has 8 nitrogen and oxygen atoms in total. The van der Waals surface area contributed by atoms with Crippen molar-refractivity contribution in [3.8, 4) is 11.4 Å². The zero-order chi connectivity index (χ0) is 21.8. The molecule has 0 bridgehead atoms. The molecule has 1 aromatic carbocycles. The topological polar surface area (TPSA) is 98.4 Å². The highest BCUT2D eigenvalue weighted by molar-refractivity contribution is 5.93. The first kappa shape index (κ1) is 21.1. The lowest BCUT2D eigenvalue weighted by atomic mass is 9.97. The Morgan fingerprint density at radius 3 is 2.68 bits per heavy atom. The first-order valence-electron chi connectivity index (χ1n) is 11.1. The minimum atomic E-state index is -0.231. The second kappa shape index (κ2) is 9.32. The molecule has 3 amide bonds. The predicted octanol–water partition coefficient (Wildman–Crippen LogP) is 2.87. The number of anilines is 1. The van der Waals surface area contributed by atoms with Crippen LogP contribution in [0.15, 0.2) is 35.1 Å². The molecule has 0 saturated carbocycles. The lowest BCUT2D eigenvalue weighted by Crippen LogP contribution is -2.48. The third-order valence-electron chi connectivity index (χ3n) is 6.00. The number of aromatic amines is 1. The van der Waals surface area contributed by atoms with Crippen molar-refractivity contribution >= 4 is 17.6 Å². The molecule has 8 heteroatoms. The molecule has 4 rings (SSSR count). The van der Waals surface area contributed by atoms with E-state index in [0.717, 1.165) is 50.0 Å². The molecule has 31 heavy (non-hydrogen) atoms. The summed E-state index contributed by atoms with van der Waals surface area (Å²) >= 11 is 0. The molecule has 2 N–H and O–H groups in total. The van der Waals surface area contributed by atoms with E-state index in [1.165, 1.54) is 6.07 Å². The van der Waals surface area contributed by atoms with Crippen LogP contribution < -0.4 is 10.9 Å². The third kappa shape index (κ3) is 4.95. The summed E-state index contributed by atoms with van der Waals surface area (Å²) in [7, 11) is 0. The van der Waals surface area contributed by atoms with Crippen molar-refractivity contribution in [2.75, 3.05) is 31.5 Å². The number of H-pyrrole nitrogens is 1. The van der Waals surface area contributed by atoms with Gasteiger partial charge in [-0.15, -0.1) is 0 Å².